The van der Waals surface area contributed by atoms with E-state index < -0.39 is 23.7 Å². The number of carbonyl (C=O) groups is 2. The van der Waals surface area contributed by atoms with Crippen LogP contribution in [0.15, 0.2) is 54.6 Å². The number of nitrogens with one attached hydrogen (secondary N) is 1. The van der Waals surface area contributed by atoms with Gasteiger partial charge in [-0.2, -0.15) is 4.80 Å². The zero-order chi connectivity index (χ0) is 24.6. The third-order valence-corrected chi connectivity index (χ3v) is 4.57. The average Bonchev–Trinajstić information content (AvgIpc) is 3.21. The van der Waals surface area contributed by atoms with Crippen LogP contribution in [0.1, 0.15) is 32.8 Å². The average molecular weight is 468 g/mol. The van der Waals surface area contributed by atoms with E-state index in [-0.39, 0.29) is 13.0 Å². The van der Waals surface area contributed by atoms with Crippen LogP contribution < -0.4 is 10.1 Å². The topological polar surface area (TPSA) is 128 Å². The first kappa shape index (κ1) is 24.7. The van der Waals surface area contributed by atoms with Crippen molar-refractivity contribution in [3.63, 3.8) is 0 Å². The number of rotatable bonds is 10. The summed E-state index contributed by atoms with van der Waals surface area (Å²) < 4.78 is 11.1. The molecule has 0 saturated carbocycles. The highest BCUT2D eigenvalue weighted by Gasteiger charge is 2.22. The molecule has 10 heteroatoms. The summed E-state index contributed by atoms with van der Waals surface area (Å²) in [6, 6.07) is 16.6. The van der Waals surface area contributed by atoms with Gasteiger partial charge in [0.25, 0.3) is 0 Å². The first-order chi connectivity index (χ1) is 16.2. The van der Waals surface area contributed by atoms with Crippen LogP contribution in [0.3, 0.4) is 0 Å². The Morgan fingerprint density at radius 1 is 1.12 bits per heavy atom. The number of tetrazole rings is 1. The maximum Gasteiger partial charge on any atom is 0.407 e. The molecule has 2 aromatic carbocycles. The zero-order valence-corrected chi connectivity index (χ0v) is 19.5. The van der Waals surface area contributed by atoms with Crippen LogP contribution in [0.4, 0.5) is 4.79 Å². The molecule has 0 unspecified atom stereocenters. The van der Waals surface area contributed by atoms with Gasteiger partial charge in [0.2, 0.25) is 5.82 Å². The number of aliphatic carboxylic acids is 1. The number of nitrogens with zero attached hydrogens (tertiary/aromatic N) is 4. The Bertz CT molecular complexity index is 1090. The fraction of sp³-hybridized carbons (Fsp3) is 0.375. The molecular weight excluding hydrogens is 438 g/mol. The fourth-order valence-corrected chi connectivity index (χ4v) is 3.14. The summed E-state index contributed by atoms with van der Waals surface area (Å²) in [5.41, 5.74) is 1.20. The van der Waals surface area contributed by atoms with Crippen molar-refractivity contribution >= 4 is 12.1 Å². The van der Waals surface area contributed by atoms with Gasteiger partial charge in [0.05, 0.1) is 25.6 Å². The minimum Gasteiger partial charge on any atom is -0.493 e. The van der Waals surface area contributed by atoms with Crippen molar-refractivity contribution in [2.45, 2.75) is 51.8 Å². The van der Waals surface area contributed by atoms with Gasteiger partial charge in [0.15, 0.2) is 0 Å². The van der Waals surface area contributed by atoms with Gasteiger partial charge in [-0.25, -0.2) is 4.79 Å². The molecule has 1 amide bonds. The minimum atomic E-state index is -1.07. The number of carboxylic acids is 1. The molecule has 0 saturated heterocycles. The van der Waals surface area contributed by atoms with Crippen molar-refractivity contribution in [1.29, 1.82) is 0 Å². The molecule has 0 radical (unpaired) electrons. The first-order valence-electron chi connectivity index (χ1n) is 10.9. The molecular formula is C24H29N5O5. The number of benzene rings is 2. The number of hydrogen-bond acceptors (Lipinski definition) is 7. The number of carboxylic acid groups (broad SMARTS) is 1. The molecule has 0 aliphatic heterocycles. The Morgan fingerprint density at radius 3 is 2.59 bits per heavy atom. The lowest BCUT2D eigenvalue weighted by molar-refractivity contribution is -0.137. The standard InChI is InChI=1S/C24H29N5O5/c1-24(2,3)34-23(32)25-19(15-21(30)31)16-29-27-22(26-28-29)18-10-7-11-20(14-18)33-13-12-17-8-5-4-6-9-17/h4-11,14,19H,12-13,15-16H2,1-3H3,(H,25,32)(H,30,31)/t19-/m1/s1. The molecule has 2 N–H and O–H groups in total. The largest absolute Gasteiger partial charge is 0.493 e. The van der Waals surface area contributed by atoms with Gasteiger partial charge in [-0.15, -0.1) is 10.2 Å². The van der Waals surface area contributed by atoms with E-state index in [2.05, 4.69) is 32.9 Å². The minimum absolute atomic E-state index is 0.0197. The molecule has 0 fully saturated rings. The summed E-state index contributed by atoms with van der Waals surface area (Å²) >= 11 is 0. The summed E-state index contributed by atoms with van der Waals surface area (Å²) in [7, 11) is 0. The van der Waals surface area contributed by atoms with E-state index in [1.165, 1.54) is 10.4 Å². The second kappa shape index (κ2) is 11.3. The van der Waals surface area contributed by atoms with Gasteiger partial charge in [-0.05, 0) is 43.7 Å². The normalized spacial score (nSPS) is 12.1. The number of hydrogen-bond donors (Lipinski definition) is 2. The highest BCUT2D eigenvalue weighted by Crippen LogP contribution is 2.20. The van der Waals surface area contributed by atoms with Crippen LogP contribution in [0.25, 0.3) is 11.4 Å². The summed E-state index contributed by atoms with van der Waals surface area (Å²) in [5, 5.41) is 24.1. The molecule has 1 aromatic heterocycles. The molecule has 1 heterocycles. The van der Waals surface area contributed by atoms with E-state index in [4.69, 9.17) is 9.47 Å². The lowest BCUT2D eigenvalue weighted by Crippen LogP contribution is -2.42. The van der Waals surface area contributed by atoms with E-state index in [0.29, 0.717) is 23.7 Å². The summed E-state index contributed by atoms with van der Waals surface area (Å²) in [4.78, 5) is 24.6. The Hall–Kier alpha value is -3.95. The Balaban J connectivity index is 1.62. The fourth-order valence-electron chi connectivity index (χ4n) is 3.14. The quantitative estimate of drug-likeness (QED) is 0.465. The number of amides is 1. The molecule has 0 spiro atoms. The first-order valence-corrected chi connectivity index (χ1v) is 10.9. The highest BCUT2D eigenvalue weighted by atomic mass is 16.6. The second-order valence-electron chi connectivity index (χ2n) is 8.72. The Morgan fingerprint density at radius 2 is 1.88 bits per heavy atom. The predicted octanol–water partition coefficient (Wildman–Crippen LogP) is 3.33. The maximum absolute atomic E-state index is 12.1. The summed E-state index contributed by atoms with van der Waals surface area (Å²) in [5.74, 6) is -0.0262. The molecule has 180 valence electrons. The lowest BCUT2D eigenvalue weighted by Gasteiger charge is -2.22. The van der Waals surface area contributed by atoms with Crippen molar-refractivity contribution < 1.29 is 24.2 Å². The second-order valence-corrected chi connectivity index (χ2v) is 8.72. The highest BCUT2D eigenvalue weighted by molar-refractivity contribution is 5.71. The van der Waals surface area contributed by atoms with Gasteiger partial charge in [-0.1, -0.05) is 42.5 Å². The van der Waals surface area contributed by atoms with Crippen LogP contribution in [0, 0.1) is 0 Å². The van der Waals surface area contributed by atoms with Crippen LogP contribution in [-0.2, 0) is 22.5 Å². The summed E-state index contributed by atoms with van der Waals surface area (Å²) in [6.45, 7) is 5.73. The monoisotopic (exact) mass is 467 g/mol. The lowest BCUT2D eigenvalue weighted by atomic mass is 10.2. The third-order valence-electron chi connectivity index (χ3n) is 4.57. The van der Waals surface area contributed by atoms with Crippen molar-refractivity contribution in [3.05, 3.63) is 60.2 Å². The SMILES string of the molecule is CC(C)(C)OC(=O)N[C@H](CC(=O)O)Cn1nnc(-c2cccc(OCCc3ccccc3)c2)n1. The van der Waals surface area contributed by atoms with Crippen molar-refractivity contribution in [2.75, 3.05) is 6.61 Å². The molecule has 34 heavy (non-hydrogen) atoms. The molecule has 0 aliphatic rings. The predicted molar refractivity (Wildman–Crippen MR) is 124 cm³/mol. The molecule has 10 nitrogen and oxygen atoms in total. The van der Waals surface area contributed by atoms with Gasteiger partial charge >= 0.3 is 12.1 Å². The smallest absolute Gasteiger partial charge is 0.407 e. The van der Waals surface area contributed by atoms with Gasteiger partial charge in [0, 0.05) is 12.0 Å². The van der Waals surface area contributed by atoms with Crippen LogP contribution in [0.5, 0.6) is 5.75 Å². The molecule has 3 aromatic rings. The van der Waals surface area contributed by atoms with E-state index in [1.54, 1.807) is 20.8 Å². The van der Waals surface area contributed by atoms with Crippen LogP contribution >= 0.6 is 0 Å². The van der Waals surface area contributed by atoms with E-state index >= 15 is 0 Å². The van der Waals surface area contributed by atoms with Crippen LogP contribution in [0.2, 0.25) is 0 Å². The summed E-state index contributed by atoms with van der Waals surface area (Å²) in [6.07, 6.45) is -0.241. The molecule has 3 rings (SSSR count). The zero-order valence-electron chi connectivity index (χ0n) is 19.5. The van der Waals surface area contributed by atoms with Crippen molar-refractivity contribution in [1.82, 2.24) is 25.5 Å². The van der Waals surface area contributed by atoms with Gasteiger partial charge in [-0.3, -0.25) is 4.79 Å². The van der Waals surface area contributed by atoms with Crippen LogP contribution in [-0.4, -0.2) is 55.6 Å². The van der Waals surface area contributed by atoms with Gasteiger partial charge in [0.1, 0.15) is 11.4 Å². The van der Waals surface area contributed by atoms with Gasteiger partial charge < -0.3 is 19.9 Å². The number of carbonyl (C=O) groups excluding carboxylic acids is 1. The molecule has 0 aliphatic carbocycles. The van der Waals surface area contributed by atoms with Crippen molar-refractivity contribution in [3.8, 4) is 17.1 Å². The Labute approximate surface area is 197 Å². The number of ether oxygens (including phenoxy) is 2. The number of aromatic nitrogens is 4. The molecule has 0 bridgehead atoms. The van der Waals surface area contributed by atoms with E-state index in [0.717, 1.165) is 6.42 Å². The number of alkyl carbamates (subject to hydrolysis) is 1. The maximum atomic E-state index is 12.1. The van der Waals surface area contributed by atoms with Crippen molar-refractivity contribution in [2.24, 2.45) is 0 Å². The Kier molecular flexibility index (Phi) is 8.18. The van der Waals surface area contributed by atoms with E-state index in [9.17, 15) is 14.7 Å². The molecule has 1 atom stereocenters. The van der Waals surface area contributed by atoms with E-state index in [1.807, 2.05) is 42.5 Å². The third kappa shape index (κ3) is 8.19.